The smallest absolute Gasteiger partial charge is 0.317 e. The van der Waals surface area contributed by atoms with Crippen molar-refractivity contribution in [3.63, 3.8) is 0 Å². The molecule has 2 aromatic carbocycles. The SMILES string of the molecule is CC(=O)c1ccccc1NC(=O)COC(=O)C1(c2cccc(F)c2)CCCC1. The Balaban J connectivity index is 1.69. The average molecular weight is 383 g/mol. The topological polar surface area (TPSA) is 72.5 Å². The van der Waals surface area contributed by atoms with Crippen LogP contribution in [-0.4, -0.2) is 24.3 Å². The fourth-order valence-electron chi connectivity index (χ4n) is 3.73. The van der Waals surface area contributed by atoms with Gasteiger partial charge in [0.15, 0.2) is 12.4 Å². The van der Waals surface area contributed by atoms with Crippen LogP contribution in [0.25, 0.3) is 0 Å². The highest BCUT2D eigenvalue weighted by atomic mass is 19.1. The molecule has 0 bridgehead atoms. The first-order valence-corrected chi connectivity index (χ1v) is 9.25. The normalized spacial score (nSPS) is 15.1. The Labute approximate surface area is 162 Å². The minimum Gasteiger partial charge on any atom is -0.455 e. The van der Waals surface area contributed by atoms with Crippen molar-refractivity contribution >= 4 is 23.3 Å². The summed E-state index contributed by atoms with van der Waals surface area (Å²) in [6.45, 7) is 0.940. The number of benzene rings is 2. The van der Waals surface area contributed by atoms with Crippen LogP contribution >= 0.6 is 0 Å². The number of anilines is 1. The molecule has 0 heterocycles. The van der Waals surface area contributed by atoms with Crippen molar-refractivity contribution in [1.82, 2.24) is 0 Å². The quantitative estimate of drug-likeness (QED) is 0.604. The maximum Gasteiger partial charge on any atom is 0.317 e. The molecule has 1 N–H and O–H groups in total. The molecule has 1 aliphatic carbocycles. The zero-order valence-corrected chi connectivity index (χ0v) is 15.7. The predicted octanol–water partition coefficient (Wildman–Crippen LogP) is 4.02. The fourth-order valence-corrected chi connectivity index (χ4v) is 3.73. The molecule has 0 aliphatic heterocycles. The molecule has 146 valence electrons. The molecular weight excluding hydrogens is 361 g/mol. The number of amides is 1. The standard InChI is InChI=1S/C22H22FNO4/c1-15(25)18-9-2-3-10-19(18)24-20(26)14-28-21(27)22(11-4-5-12-22)16-7-6-8-17(23)13-16/h2-3,6-10,13H,4-5,11-12,14H2,1H3,(H,24,26). The molecule has 3 rings (SSSR count). The highest BCUT2D eigenvalue weighted by Gasteiger charge is 2.44. The van der Waals surface area contributed by atoms with E-state index in [0.717, 1.165) is 12.8 Å². The van der Waals surface area contributed by atoms with Crippen LogP contribution in [0.15, 0.2) is 48.5 Å². The lowest BCUT2D eigenvalue weighted by Gasteiger charge is -2.27. The van der Waals surface area contributed by atoms with E-state index in [-0.39, 0.29) is 5.78 Å². The van der Waals surface area contributed by atoms with Crippen molar-refractivity contribution < 1.29 is 23.5 Å². The van der Waals surface area contributed by atoms with Gasteiger partial charge < -0.3 is 10.1 Å². The largest absolute Gasteiger partial charge is 0.455 e. The van der Waals surface area contributed by atoms with Crippen LogP contribution in [0.3, 0.4) is 0 Å². The molecule has 2 aromatic rings. The zero-order valence-electron chi connectivity index (χ0n) is 15.7. The van der Waals surface area contributed by atoms with Crippen LogP contribution in [0.2, 0.25) is 0 Å². The number of carbonyl (C=O) groups is 3. The van der Waals surface area contributed by atoms with Crippen LogP contribution in [0.5, 0.6) is 0 Å². The van der Waals surface area contributed by atoms with Gasteiger partial charge in [-0.2, -0.15) is 0 Å². The molecule has 1 fully saturated rings. The lowest BCUT2D eigenvalue weighted by atomic mass is 9.79. The molecule has 28 heavy (non-hydrogen) atoms. The number of halogens is 1. The minimum atomic E-state index is -0.917. The zero-order chi connectivity index (χ0) is 20.1. The van der Waals surface area contributed by atoms with Gasteiger partial charge in [-0.25, -0.2) is 4.39 Å². The highest BCUT2D eigenvalue weighted by Crippen LogP contribution is 2.42. The van der Waals surface area contributed by atoms with Gasteiger partial charge in [-0.15, -0.1) is 0 Å². The lowest BCUT2D eigenvalue weighted by molar-refractivity contribution is -0.153. The van der Waals surface area contributed by atoms with Crippen LogP contribution < -0.4 is 5.32 Å². The summed E-state index contributed by atoms with van der Waals surface area (Å²) in [5.41, 5.74) is 0.419. The van der Waals surface area contributed by atoms with Gasteiger partial charge >= 0.3 is 5.97 Å². The van der Waals surface area contributed by atoms with E-state index in [1.165, 1.54) is 19.1 Å². The van der Waals surface area contributed by atoms with Gasteiger partial charge in [-0.05, 0) is 49.6 Å². The summed E-state index contributed by atoms with van der Waals surface area (Å²) in [6, 6.07) is 12.6. The van der Waals surface area contributed by atoms with Gasteiger partial charge in [0.25, 0.3) is 5.91 Å². The minimum absolute atomic E-state index is 0.177. The number of ether oxygens (including phenoxy) is 1. The lowest BCUT2D eigenvalue weighted by Crippen LogP contribution is -2.36. The second kappa shape index (κ2) is 8.33. The number of rotatable bonds is 6. The van der Waals surface area contributed by atoms with Crippen LogP contribution in [0.4, 0.5) is 10.1 Å². The molecule has 0 saturated heterocycles. The number of para-hydroxylation sites is 1. The molecule has 0 spiro atoms. The van der Waals surface area contributed by atoms with Gasteiger partial charge in [0.1, 0.15) is 5.82 Å². The van der Waals surface area contributed by atoms with Crippen LogP contribution in [0, 0.1) is 5.82 Å². The van der Waals surface area contributed by atoms with E-state index < -0.39 is 29.7 Å². The number of carbonyl (C=O) groups excluding carboxylic acids is 3. The highest BCUT2D eigenvalue weighted by molar-refractivity contribution is 6.04. The van der Waals surface area contributed by atoms with Crippen molar-refractivity contribution in [1.29, 1.82) is 0 Å². The van der Waals surface area contributed by atoms with Crippen molar-refractivity contribution in [3.8, 4) is 0 Å². The van der Waals surface area contributed by atoms with Gasteiger partial charge in [0, 0.05) is 5.56 Å². The van der Waals surface area contributed by atoms with Crippen molar-refractivity contribution in [2.24, 2.45) is 0 Å². The molecule has 0 aromatic heterocycles. The first kappa shape index (κ1) is 19.7. The number of Topliss-reactive ketones (excluding diaryl/α,β-unsaturated/α-hetero) is 1. The Kier molecular flexibility index (Phi) is 5.87. The molecule has 0 radical (unpaired) electrons. The van der Waals surface area contributed by atoms with Gasteiger partial charge in [-0.1, -0.05) is 37.1 Å². The summed E-state index contributed by atoms with van der Waals surface area (Å²) in [4.78, 5) is 36.7. The summed E-state index contributed by atoms with van der Waals surface area (Å²) in [5, 5.41) is 2.60. The first-order chi connectivity index (χ1) is 13.4. The second-order valence-corrected chi connectivity index (χ2v) is 7.03. The molecule has 0 unspecified atom stereocenters. The second-order valence-electron chi connectivity index (χ2n) is 7.03. The number of esters is 1. The van der Waals surface area contributed by atoms with Crippen LogP contribution in [0.1, 0.15) is 48.5 Å². The van der Waals surface area contributed by atoms with Crippen molar-refractivity contribution in [3.05, 3.63) is 65.5 Å². The summed E-state index contributed by atoms with van der Waals surface area (Å²) in [7, 11) is 0. The number of nitrogens with one attached hydrogen (secondary N) is 1. The Bertz CT molecular complexity index is 903. The third kappa shape index (κ3) is 4.11. The summed E-state index contributed by atoms with van der Waals surface area (Å²) in [6.07, 6.45) is 2.79. The number of hydrogen-bond acceptors (Lipinski definition) is 4. The van der Waals surface area contributed by atoms with Crippen LogP contribution in [-0.2, 0) is 19.7 Å². The van der Waals surface area contributed by atoms with E-state index >= 15 is 0 Å². The van der Waals surface area contributed by atoms with E-state index in [1.807, 2.05) is 0 Å². The first-order valence-electron chi connectivity index (χ1n) is 9.25. The third-order valence-electron chi connectivity index (χ3n) is 5.14. The Morgan fingerprint density at radius 2 is 1.79 bits per heavy atom. The molecule has 1 saturated carbocycles. The Morgan fingerprint density at radius 3 is 2.46 bits per heavy atom. The van der Waals surface area contributed by atoms with Gasteiger partial charge in [0.05, 0.1) is 11.1 Å². The monoisotopic (exact) mass is 383 g/mol. The van der Waals surface area contributed by atoms with E-state index in [4.69, 9.17) is 4.74 Å². The van der Waals surface area contributed by atoms with E-state index in [2.05, 4.69) is 5.32 Å². The van der Waals surface area contributed by atoms with Gasteiger partial charge in [-0.3, -0.25) is 14.4 Å². The fraction of sp³-hybridized carbons (Fsp3) is 0.318. The molecule has 1 aliphatic rings. The van der Waals surface area contributed by atoms with Crippen molar-refractivity contribution in [2.45, 2.75) is 38.0 Å². The van der Waals surface area contributed by atoms with E-state index in [0.29, 0.717) is 29.7 Å². The van der Waals surface area contributed by atoms with E-state index in [9.17, 15) is 18.8 Å². The molecular formula is C22H22FNO4. The maximum atomic E-state index is 13.7. The number of hydrogen-bond donors (Lipinski definition) is 1. The average Bonchev–Trinajstić information content (AvgIpc) is 3.17. The van der Waals surface area contributed by atoms with E-state index in [1.54, 1.807) is 36.4 Å². The third-order valence-corrected chi connectivity index (χ3v) is 5.14. The number of ketones is 1. The molecule has 5 nitrogen and oxygen atoms in total. The Hall–Kier alpha value is -3.02. The Morgan fingerprint density at radius 1 is 1.07 bits per heavy atom. The maximum absolute atomic E-state index is 13.7. The van der Waals surface area contributed by atoms with Crippen molar-refractivity contribution in [2.75, 3.05) is 11.9 Å². The molecule has 0 atom stereocenters. The molecule has 6 heteroatoms. The van der Waals surface area contributed by atoms with Gasteiger partial charge in [0.2, 0.25) is 0 Å². The molecule has 1 amide bonds. The summed E-state index contributed by atoms with van der Waals surface area (Å²) >= 11 is 0. The predicted molar refractivity (Wildman–Crippen MR) is 103 cm³/mol. The summed E-state index contributed by atoms with van der Waals surface area (Å²) in [5.74, 6) is -1.64. The summed E-state index contributed by atoms with van der Waals surface area (Å²) < 4.78 is 19.0.